The normalized spacial score (nSPS) is 21.3. The Morgan fingerprint density at radius 1 is 1.44 bits per heavy atom. The molecule has 2 rings (SSSR count). The third kappa shape index (κ3) is 3.05. The first-order valence-electron chi connectivity index (χ1n) is 6.68. The van der Waals surface area contributed by atoms with Gasteiger partial charge in [-0.25, -0.2) is 0 Å². The van der Waals surface area contributed by atoms with Gasteiger partial charge in [-0.05, 0) is 46.3 Å². The molecule has 1 fully saturated rings. The van der Waals surface area contributed by atoms with Gasteiger partial charge >= 0.3 is 0 Å². The van der Waals surface area contributed by atoms with E-state index in [9.17, 15) is 0 Å². The molecule has 0 radical (unpaired) electrons. The summed E-state index contributed by atoms with van der Waals surface area (Å²) >= 11 is 6.29. The van der Waals surface area contributed by atoms with E-state index in [0.717, 1.165) is 30.5 Å². The van der Waals surface area contributed by atoms with Gasteiger partial charge in [-0.2, -0.15) is 5.10 Å². The SMILES string of the molecule is Cc1nn(C)c(Cl)c1CN(C)C1CCCNCC1. The van der Waals surface area contributed by atoms with Crippen LogP contribution in [0.3, 0.4) is 0 Å². The van der Waals surface area contributed by atoms with Crippen molar-refractivity contribution in [1.29, 1.82) is 0 Å². The first-order valence-corrected chi connectivity index (χ1v) is 7.06. The van der Waals surface area contributed by atoms with Crippen molar-refractivity contribution >= 4 is 11.6 Å². The second-order valence-electron chi connectivity index (χ2n) is 5.23. The Kier molecular flexibility index (Phi) is 4.65. The molecule has 1 N–H and O–H groups in total. The highest BCUT2D eigenvalue weighted by atomic mass is 35.5. The largest absolute Gasteiger partial charge is 0.317 e. The molecular weight excluding hydrogens is 248 g/mol. The van der Waals surface area contributed by atoms with Crippen molar-refractivity contribution in [2.45, 2.75) is 38.8 Å². The second-order valence-corrected chi connectivity index (χ2v) is 5.59. The molecule has 0 bridgehead atoms. The van der Waals surface area contributed by atoms with Crippen molar-refractivity contribution in [3.05, 3.63) is 16.4 Å². The summed E-state index contributed by atoms with van der Waals surface area (Å²) in [5.41, 5.74) is 2.21. The van der Waals surface area contributed by atoms with E-state index in [2.05, 4.69) is 22.4 Å². The average Bonchev–Trinajstić information content (AvgIpc) is 2.58. The maximum atomic E-state index is 6.29. The van der Waals surface area contributed by atoms with E-state index in [0.29, 0.717) is 6.04 Å². The van der Waals surface area contributed by atoms with Crippen LogP contribution in [0.15, 0.2) is 0 Å². The number of rotatable bonds is 3. The Hall–Kier alpha value is -0.580. The highest BCUT2D eigenvalue weighted by Crippen LogP contribution is 2.22. The van der Waals surface area contributed by atoms with Crippen LogP contribution in [0.5, 0.6) is 0 Å². The van der Waals surface area contributed by atoms with Crippen LogP contribution in [0.1, 0.15) is 30.5 Å². The predicted octanol–water partition coefficient (Wildman–Crippen LogP) is 1.96. The lowest BCUT2D eigenvalue weighted by Gasteiger charge is -2.26. The molecule has 4 nitrogen and oxygen atoms in total. The summed E-state index contributed by atoms with van der Waals surface area (Å²) in [5, 5.41) is 8.60. The van der Waals surface area contributed by atoms with E-state index >= 15 is 0 Å². The highest BCUT2D eigenvalue weighted by molar-refractivity contribution is 6.30. The number of aromatic nitrogens is 2. The molecule has 1 unspecified atom stereocenters. The van der Waals surface area contributed by atoms with Gasteiger partial charge in [0.1, 0.15) is 5.15 Å². The first-order chi connectivity index (χ1) is 8.59. The minimum Gasteiger partial charge on any atom is -0.317 e. The molecule has 18 heavy (non-hydrogen) atoms. The number of hydrogen-bond donors (Lipinski definition) is 1. The molecule has 102 valence electrons. The average molecular weight is 271 g/mol. The van der Waals surface area contributed by atoms with Crippen LogP contribution in [0, 0.1) is 6.92 Å². The van der Waals surface area contributed by atoms with Crippen LogP contribution in [0.2, 0.25) is 5.15 Å². The van der Waals surface area contributed by atoms with Crippen molar-refractivity contribution in [3.63, 3.8) is 0 Å². The number of nitrogens with one attached hydrogen (secondary N) is 1. The van der Waals surface area contributed by atoms with Crippen LogP contribution in [0.4, 0.5) is 0 Å². The molecule has 1 aliphatic heterocycles. The van der Waals surface area contributed by atoms with Gasteiger partial charge in [-0.1, -0.05) is 11.6 Å². The maximum Gasteiger partial charge on any atom is 0.131 e. The minimum atomic E-state index is 0.649. The highest BCUT2D eigenvalue weighted by Gasteiger charge is 2.20. The van der Waals surface area contributed by atoms with E-state index in [4.69, 9.17) is 11.6 Å². The number of hydrogen-bond acceptors (Lipinski definition) is 3. The fraction of sp³-hybridized carbons (Fsp3) is 0.769. The summed E-state index contributed by atoms with van der Waals surface area (Å²) < 4.78 is 1.76. The van der Waals surface area contributed by atoms with E-state index in [1.165, 1.54) is 24.8 Å². The van der Waals surface area contributed by atoms with Crippen molar-refractivity contribution in [1.82, 2.24) is 20.0 Å². The maximum absolute atomic E-state index is 6.29. The lowest BCUT2D eigenvalue weighted by molar-refractivity contribution is 0.216. The summed E-state index contributed by atoms with van der Waals surface area (Å²) in [4.78, 5) is 2.42. The van der Waals surface area contributed by atoms with Gasteiger partial charge in [0.2, 0.25) is 0 Å². The molecule has 1 atom stereocenters. The summed E-state index contributed by atoms with van der Waals surface area (Å²) in [7, 11) is 4.09. The quantitative estimate of drug-likeness (QED) is 0.912. The molecular formula is C13H23ClN4. The smallest absolute Gasteiger partial charge is 0.131 e. The zero-order valence-electron chi connectivity index (χ0n) is 11.5. The van der Waals surface area contributed by atoms with Crippen LogP contribution >= 0.6 is 11.6 Å². The Bertz CT molecular complexity index is 394. The Labute approximate surface area is 114 Å². The Morgan fingerprint density at radius 2 is 2.22 bits per heavy atom. The summed E-state index contributed by atoms with van der Waals surface area (Å²) in [6.07, 6.45) is 3.74. The van der Waals surface area contributed by atoms with Gasteiger partial charge in [-0.15, -0.1) is 0 Å². The van der Waals surface area contributed by atoms with Crippen LogP contribution in [0.25, 0.3) is 0 Å². The fourth-order valence-electron chi connectivity index (χ4n) is 2.67. The lowest BCUT2D eigenvalue weighted by atomic mass is 10.1. The lowest BCUT2D eigenvalue weighted by Crippen LogP contribution is -2.32. The predicted molar refractivity (Wildman–Crippen MR) is 74.9 cm³/mol. The molecule has 5 heteroatoms. The molecule has 2 heterocycles. The van der Waals surface area contributed by atoms with Gasteiger partial charge in [0.15, 0.2) is 0 Å². The first kappa shape index (κ1) is 13.8. The number of nitrogens with zero attached hydrogens (tertiary/aromatic N) is 3. The summed E-state index contributed by atoms with van der Waals surface area (Å²) in [5.74, 6) is 0. The molecule has 0 saturated carbocycles. The van der Waals surface area contributed by atoms with Crippen LogP contribution in [-0.2, 0) is 13.6 Å². The van der Waals surface area contributed by atoms with Crippen LogP contribution in [-0.4, -0.2) is 40.9 Å². The molecule has 0 amide bonds. The summed E-state index contributed by atoms with van der Waals surface area (Å²) in [6.45, 7) is 5.19. The van der Waals surface area contributed by atoms with Gasteiger partial charge in [0.25, 0.3) is 0 Å². The van der Waals surface area contributed by atoms with Crippen molar-refractivity contribution in [2.75, 3.05) is 20.1 Å². The number of aryl methyl sites for hydroxylation is 2. The van der Waals surface area contributed by atoms with Crippen LogP contribution < -0.4 is 5.32 Å². The topological polar surface area (TPSA) is 33.1 Å². The monoisotopic (exact) mass is 270 g/mol. The van der Waals surface area contributed by atoms with Crippen molar-refractivity contribution in [3.8, 4) is 0 Å². The third-order valence-corrected chi connectivity index (χ3v) is 4.32. The molecule has 0 spiro atoms. The number of halogens is 1. The van der Waals surface area contributed by atoms with Crippen molar-refractivity contribution < 1.29 is 0 Å². The molecule has 1 aromatic rings. The van der Waals surface area contributed by atoms with Crippen molar-refractivity contribution in [2.24, 2.45) is 7.05 Å². The van der Waals surface area contributed by atoms with Gasteiger partial charge in [0.05, 0.1) is 5.69 Å². The fourth-order valence-corrected chi connectivity index (χ4v) is 2.91. The van der Waals surface area contributed by atoms with E-state index in [-0.39, 0.29) is 0 Å². The van der Waals surface area contributed by atoms with E-state index in [1.807, 2.05) is 14.0 Å². The molecule has 1 saturated heterocycles. The Balaban J connectivity index is 2.03. The zero-order valence-corrected chi connectivity index (χ0v) is 12.3. The summed E-state index contributed by atoms with van der Waals surface area (Å²) in [6, 6.07) is 0.649. The molecule has 0 aromatic carbocycles. The van der Waals surface area contributed by atoms with E-state index in [1.54, 1.807) is 4.68 Å². The molecule has 1 aromatic heterocycles. The Morgan fingerprint density at radius 3 is 2.89 bits per heavy atom. The molecule has 1 aliphatic rings. The molecule has 0 aliphatic carbocycles. The third-order valence-electron chi connectivity index (χ3n) is 3.85. The van der Waals surface area contributed by atoms with Gasteiger partial charge in [-0.3, -0.25) is 9.58 Å². The van der Waals surface area contributed by atoms with E-state index < -0.39 is 0 Å². The van der Waals surface area contributed by atoms with Gasteiger partial charge in [0, 0.05) is 25.2 Å². The second kappa shape index (κ2) is 6.04. The zero-order chi connectivity index (χ0) is 13.1. The van der Waals surface area contributed by atoms with Gasteiger partial charge < -0.3 is 5.32 Å². The minimum absolute atomic E-state index is 0.649. The standard InChI is InChI=1S/C13H23ClN4/c1-10-12(13(14)18(3)16-10)9-17(2)11-5-4-7-15-8-6-11/h11,15H,4-9H2,1-3H3.